The molecule has 4 atom stereocenters. The quantitative estimate of drug-likeness (QED) is 0.144. The number of ether oxygens (including phenoxy) is 1. The number of nitrogens with zero attached hydrogens (tertiary/aromatic N) is 1. The van der Waals surface area contributed by atoms with E-state index in [0.717, 1.165) is 11.1 Å². The molecule has 2 heterocycles. The van der Waals surface area contributed by atoms with Crippen molar-refractivity contribution in [2.45, 2.75) is 57.4 Å². The van der Waals surface area contributed by atoms with Crippen LogP contribution in [0.1, 0.15) is 49.3 Å². The van der Waals surface area contributed by atoms with Crippen LogP contribution in [0.25, 0.3) is 6.08 Å². The van der Waals surface area contributed by atoms with Crippen LogP contribution in [0.3, 0.4) is 0 Å². The van der Waals surface area contributed by atoms with Crippen LogP contribution in [0, 0.1) is 17.8 Å². The first kappa shape index (κ1) is 33.7. The molecule has 0 aromatic heterocycles. The largest absolute Gasteiger partial charge is 0.508 e. The maximum atomic E-state index is 13.9. The first-order chi connectivity index (χ1) is 21.6. The lowest BCUT2D eigenvalue weighted by Crippen LogP contribution is -2.46. The van der Waals surface area contributed by atoms with E-state index >= 15 is 0 Å². The summed E-state index contributed by atoms with van der Waals surface area (Å²) in [5.41, 5.74) is -0.991. The van der Waals surface area contributed by atoms with Crippen molar-refractivity contribution >= 4 is 30.7 Å². The number of imide groups is 1. The molecule has 0 unspecified atom stereocenters. The monoisotopic (exact) mass is 651 g/mol. The van der Waals surface area contributed by atoms with Gasteiger partial charge >= 0.3 is 19.5 Å². The fourth-order valence-corrected chi connectivity index (χ4v) is 6.91. The van der Waals surface area contributed by atoms with E-state index in [1.807, 2.05) is 19.1 Å². The molecule has 0 spiro atoms. The fraction of sp³-hybridized carbons (Fsp3) is 0.438. The third-order valence-corrected chi connectivity index (χ3v) is 8.88. The zero-order valence-corrected chi connectivity index (χ0v) is 25.0. The lowest BCUT2D eigenvalue weighted by Gasteiger charge is -2.43. The molecule has 0 saturated carbocycles. The number of hydrogen-bond donors (Lipinski definition) is 2. The van der Waals surface area contributed by atoms with E-state index in [0.29, 0.717) is 47.4 Å². The van der Waals surface area contributed by atoms with Crippen LogP contribution in [0.5, 0.6) is 5.75 Å². The standard InChI is InChI=1S/C32H32BF6NO6/c1-3-17(9-18-5-4-6-23(41)10-18)7-8-26-27-19(16-45-2)11-24-28(25(27)15-33(44)46-26)30(43)40(29(24)42)22-13-20(31(34,35)36)12-21(14-22)32(37,38)39/h4-6,9-10,12-14,24-26,28,41,44H,3,7-8,11,15-16H2,1-2H3/b17-9+/t24-,25+,26-,28-/m1/s1. The highest BCUT2D eigenvalue weighted by Gasteiger charge is 2.58. The van der Waals surface area contributed by atoms with Gasteiger partial charge < -0.3 is 19.5 Å². The van der Waals surface area contributed by atoms with Crippen LogP contribution in [-0.4, -0.2) is 48.9 Å². The molecule has 0 bridgehead atoms. The van der Waals surface area contributed by atoms with Gasteiger partial charge in [0.2, 0.25) is 11.8 Å². The van der Waals surface area contributed by atoms with E-state index in [2.05, 4.69) is 0 Å². The summed E-state index contributed by atoms with van der Waals surface area (Å²) in [6.07, 6.45) is -7.64. The molecule has 2 N–H and O–H groups in total. The first-order valence-electron chi connectivity index (χ1n) is 14.8. The summed E-state index contributed by atoms with van der Waals surface area (Å²) >= 11 is 0. The van der Waals surface area contributed by atoms with Crippen molar-refractivity contribution in [3.63, 3.8) is 0 Å². The molecule has 3 aliphatic rings. The Morgan fingerprint density at radius 3 is 2.30 bits per heavy atom. The number of halogens is 6. The number of rotatable bonds is 8. The second-order valence-electron chi connectivity index (χ2n) is 11.8. The third-order valence-electron chi connectivity index (χ3n) is 8.88. The molecule has 2 aliphatic heterocycles. The highest BCUT2D eigenvalue weighted by Crippen LogP contribution is 2.52. The molecule has 46 heavy (non-hydrogen) atoms. The Morgan fingerprint density at radius 2 is 1.72 bits per heavy atom. The Labute approximate surface area is 261 Å². The topological polar surface area (TPSA) is 96.3 Å². The van der Waals surface area contributed by atoms with Gasteiger partial charge in [0.1, 0.15) is 5.75 Å². The number of aromatic hydroxyl groups is 1. The number of fused-ring (bicyclic) bond motifs is 3. The molecule has 2 saturated heterocycles. The zero-order chi connectivity index (χ0) is 33.6. The second-order valence-corrected chi connectivity index (χ2v) is 11.8. The van der Waals surface area contributed by atoms with Crippen molar-refractivity contribution in [2.75, 3.05) is 18.6 Å². The van der Waals surface area contributed by atoms with Gasteiger partial charge in [0, 0.05) is 7.11 Å². The lowest BCUT2D eigenvalue weighted by molar-refractivity contribution is -0.143. The number of phenolic OH excluding ortho intramolecular Hbond substituents is 1. The van der Waals surface area contributed by atoms with Gasteiger partial charge in [-0.2, -0.15) is 26.3 Å². The van der Waals surface area contributed by atoms with Gasteiger partial charge in [-0.15, -0.1) is 0 Å². The highest BCUT2D eigenvalue weighted by atomic mass is 19.4. The van der Waals surface area contributed by atoms with E-state index in [4.69, 9.17) is 9.39 Å². The summed E-state index contributed by atoms with van der Waals surface area (Å²) in [4.78, 5) is 28.0. The van der Waals surface area contributed by atoms with E-state index in [-0.39, 0.29) is 31.2 Å². The number of methoxy groups -OCH3 is 1. The summed E-state index contributed by atoms with van der Waals surface area (Å²) in [5, 5.41) is 20.6. The number of allylic oxidation sites excluding steroid dienone is 1. The van der Waals surface area contributed by atoms with E-state index in [1.165, 1.54) is 7.11 Å². The van der Waals surface area contributed by atoms with Crippen LogP contribution >= 0.6 is 0 Å². The molecule has 246 valence electrons. The SMILES string of the molecule is CC/C(=C\c1cccc(O)c1)CC[C@H]1OB(O)C[C@H]2C1=C(COC)C[C@H]1C(=O)N(c3cc(C(F)(F)F)cc(C(F)(F)F)c3)C(=O)[C@H]12. The Hall–Kier alpha value is -3.62. The highest BCUT2D eigenvalue weighted by molar-refractivity contribution is 6.43. The molecule has 0 radical (unpaired) electrons. The smallest absolute Gasteiger partial charge is 0.455 e. The predicted octanol–water partition coefficient (Wildman–Crippen LogP) is 6.65. The lowest BCUT2D eigenvalue weighted by atomic mass is 9.58. The number of benzene rings is 2. The maximum Gasteiger partial charge on any atom is 0.455 e. The molecule has 2 aromatic carbocycles. The van der Waals surface area contributed by atoms with Crippen LogP contribution in [0.2, 0.25) is 6.32 Å². The van der Waals surface area contributed by atoms with Crippen molar-refractivity contribution in [1.82, 2.24) is 0 Å². The number of anilines is 1. The molecule has 2 aromatic rings. The van der Waals surface area contributed by atoms with Crippen molar-refractivity contribution < 1.29 is 55.5 Å². The number of hydrogen-bond acceptors (Lipinski definition) is 6. The molecule has 2 fully saturated rings. The van der Waals surface area contributed by atoms with Gasteiger partial charge in [-0.3, -0.25) is 9.59 Å². The molecule has 2 amide bonds. The van der Waals surface area contributed by atoms with Gasteiger partial charge in [0.15, 0.2) is 0 Å². The molecular formula is C32H32BF6NO6. The van der Waals surface area contributed by atoms with Gasteiger partial charge in [0.05, 0.1) is 41.4 Å². The number of carbonyl (C=O) groups is 2. The van der Waals surface area contributed by atoms with E-state index in [1.54, 1.807) is 18.2 Å². The molecule has 5 rings (SSSR count). The minimum absolute atomic E-state index is 0.00771. The maximum absolute atomic E-state index is 13.9. The summed E-state index contributed by atoms with van der Waals surface area (Å²) in [6.45, 7) is 2.01. The third kappa shape index (κ3) is 6.74. The second kappa shape index (κ2) is 12.9. The average Bonchev–Trinajstić information content (AvgIpc) is 3.23. The van der Waals surface area contributed by atoms with Gasteiger partial charge in [-0.1, -0.05) is 30.7 Å². The number of alkyl halides is 6. The van der Waals surface area contributed by atoms with Crippen molar-refractivity contribution in [3.8, 4) is 5.75 Å². The van der Waals surface area contributed by atoms with Crippen molar-refractivity contribution in [3.05, 3.63) is 75.9 Å². The molecule has 14 heteroatoms. The normalized spacial score (nSPS) is 24.1. The van der Waals surface area contributed by atoms with Gasteiger partial charge in [-0.25, -0.2) is 4.90 Å². The Morgan fingerprint density at radius 1 is 1.04 bits per heavy atom. The molecular weight excluding hydrogens is 619 g/mol. The van der Waals surface area contributed by atoms with E-state index < -0.39 is 72.0 Å². The first-order valence-corrected chi connectivity index (χ1v) is 14.8. The van der Waals surface area contributed by atoms with Crippen LogP contribution in [0.4, 0.5) is 32.0 Å². The minimum Gasteiger partial charge on any atom is -0.508 e. The van der Waals surface area contributed by atoms with Gasteiger partial charge in [0.25, 0.3) is 0 Å². The summed E-state index contributed by atoms with van der Waals surface area (Å²) in [5.74, 6) is -4.67. The van der Waals surface area contributed by atoms with Gasteiger partial charge in [-0.05, 0) is 85.0 Å². The predicted molar refractivity (Wildman–Crippen MR) is 156 cm³/mol. The fourth-order valence-electron chi connectivity index (χ4n) is 6.91. The molecule has 1 aliphatic carbocycles. The van der Waals surface area contributed by atoms with Crippen molar-refractivity contribution in [2.24, 2.45) is 17.8 Å². The Bertz CT molecular complexity index is 1540. The average molecular weight is 651 g/mol. The van der Waals surface area contributed by atoms with Crippen LogP contribution < -0.4 is 4.90 Å². The number of carbonyl (C=O) groups excluding carboxylic acids is 2. The zero-order valence-electron chi connectivity index (χ0n) is 25.0. The molecule has 7 nitrogen and oxygen atoms in total. The summed E-state index contributed by atoms with van der Waals surface area (Å²) < 4.78 is 93.0. The summed E-state index contributed by atoms with van der Waals surface area (Å²) in [6, 6.07) is 7.41. The van der Waals surface area contributed by atoms with E-state index in [9.17, 15) is 46.1 Å². The number of phenols is 1. The summed E-state index contributed by atoms with van der Waals surface area (Å²) in [7, 11) is 0.105. The Balaban J connectivity index is 1.49. The van der Waals surface area contributed by atoms with Crippen molar-refractivity contribution in [1.29, 1.82) is 0 Å². The Kier molecular flexibility index (Phi) is 9.45. The van der Waals surface area contributed by atoms with Crippen LogP contribution in [0.15, 0.2) is 59.2 Å². The minimum atomic E-state index is -5.17. The van der Waals surface area contributed by atoms with Crippen LogP contribution in [-0.2, 0) is 31.3 Å². The number of amides is 2.